The van der Waals surface area contributed by atoms with Gasteiger partial charge in [-0.05, 0) is 48.6 Å². The maximum absolute atomic E-state index is 12.1. The van der Waals surface area contributed by atoms with Crippen molar-refractivity contribution < 1.29 is 14.3 Å². The molecule has 6 heteroatoms. The molecule has 2 aromatic rings. The number of likely N-dealkylation sites (tertiary alicyclic amines) is 1. The number of nitrogens with one attached hydrogen (secondary N) is 1. The van der Waals surface area contributed by atoms with Crippen molar-refractivity contribution >= 4 is 17.5 Å². The van der Waals surface area contributed by atoms with E-state index in [1.54, 1.807) is 25.3 Å². The highest BCUT2D eigenvalue weighted by Crippen LogP contribution is 2.28. The zero-order valence-electron chi connectivity index (χ0n) is 17.8. The first-order valence-electron chi connectivity index (χ1n) is 10.6. The van der Waals surface area contributed by atoms with Crippen LogP contribution in [0.4, 0.5) is 0 Å². The molecule has 5 nitrogen and oxygen atoms in total. The average molecular weight is 431 g/mol. The second-order valence-electron chi connectivity index (χ2n) is 7.66. The van der Waals surface area contributed by atoms with E-state index in [2.05, 4.69) is 41.4 Å². The fourth-order valence-corrected chi connectivity index (χ4v) is 3.83. The summed E-state index contributed by atoms with van der Waals surface area (Å²) in [7, 11) is 1.60. The Bertz CT molecular complexity index is 818. The summed E-state index contributed by atoms with van der Waals surface area (Å²) in [6.07, 6.45) is 3.14. The Morgan fingerprint density at radius 1 is 1.13 bits per heavy atom. The van der Waals surface area contributed by atoms with Crippen LogP contribution in [0.2, 0.25) is 5.02 Å². The number of hydrogen-bond donors (Lipinski definition) is 1. The molecule has 1 N–H and O–H groups in total. The number of piperidine rings is 1. The number of methoxy groups -OCH3 is 1. The summed E-state index contributed by atoms with van der Waals surface area (Å²) in [6, 6.07) is 14.1. The van der Waals surface area contributed by atoms with E-state index < -0.39 is 0 Å². The molecule has 0 unspecified atom stereocenters. The van der Waals surface area contributed by atoms with Gasteiger partial charge in [0.1, 0.15) is 11.9 Å². The first-order chi connectivity index (χ1) is 14.6. The largest absolute Gasteiger partial charge is 0.489 e. The summed E-state index contributed by atoms with van der Waals surface area (Å²) in [5.74, 6) is 0.472. The van der Waals surface area contributed by atoms with Gasteiger partial charge in [0.05, 0.1) is 11.6 Å². The maximum atomic E-state index is 12.1. The van der Waals surface area contributed by atoms with Gasteiger partial charge in [-0.25, -0.2) is 0 Å². The van der Waals surface area contributed by atoms with E-state index in [0.717, 1.165) is 38.9 Å². The van der Waals surface area contributed by atoms with Gasteiger partial charge < -0.3 is 14.8 Å². The lowest BCUT2D eigenvalue weighted by Crippen LogP contribution is -2.37. The Morgan fingerprint density at radius 3 is 2.47 bits per heavy atom. The minimum atomic E-state index is -0.166. The molecule has 0 bridgehead atoms. The van der Waals surface area contributed by atoms with Crippen LogP contribution in [0.1, 0.15) is 41.3 Å². The molecule has 30 heavy (non-hydrogen) atoms. The van der Waals surface area contributed by atoms with Crippen LogP contribution in [0.3, 0.4) is 0 Å². The first kappa shape index (κ1) is 22.6. The van der Waals surface area contributed by atoms with Crippen LogP contribution in [0.5, 0.6) is 5.75 Å². The van der Waals surface area contributed by atoms with Crippen LogP contribution in [0, 0.1) is 0 Å². The van der Waals surface area contributed by atoms with E-state index in [-0.39, 0.29) is 12.0 Å². The monoisotopic (exact) mass is 430 g/mol. The van der Waals surface area contributed by atoms with Crippen molar-refractivity contribution in [2.45, 2.75) is 38.8 Å². The smallest absolute Gasteiger partial charge is 0.251 e. The Hall–Kier alpha value is -2.08. The van der Waals surface area contributed by atoms with Crippen LogP contribution in [0.25, 0.3) is 0 Å². The van der Waals surface area contributed by atoms with Crippen LogP contribution < -0.4 is 10.1 Å². The number of carbonyl (C=O) groups excluding carboxylic acids is 1. The van der Waals surface area contributed by atoms with Gasteiger partial charge in [-0.3, -0.25) is 9.69 Å². The number of rotatable bonds is 9. The molecule has 2 aromatic carbocycles. The molecule has 162 valence electrons. The Morgan fingerprint density at radius 2 is 1.83 bits per heavy atom. The SMILES string of the molecule is CCc1ccc(CN2CCC(Oc3ccc(C(=O)NCCOC)cc3Cl)CC2)cc1. The predicted molar refractivity (Wildman–Crippen MR) is 120 cm³/mol. The third-order valence-electron chi connectivity index (χ3n) is 5.45. The van der Waals surface area contributed by atoms with Gasteiger partial charge in [0.15, 0.2) is 0 Å². The number of aryl methyl sites for hydroxylation is 1. The third-order valence-corrected chi connectivity index (χ3v) is 5.75. The summed E-state index contributed by atoms with van der Waals surface area (Å²) in [6.45, 7) is 6.09. The number of nitrogens with zero attached hydrogens (tertiary/aromatic N) is 1. The van der Waals surface area contributed by atoms with E-state index in [0.29, 0.717) is 29.5 Å². The van der Waals surface area contributed by atoms with E-state index in [9.17, 15) is 4.79 Å². The summed E-state index contributed by atoms with van der Waals surface area (Å²) in [5.41, 5.74) is 3.25. The number of halogens is 1. The van der Waals surface area contributed by atoms with Crippen molar-refractivity contribution in [3.8, 4) is 5.75 Å². The number of carbonyl (C=O) groups is 1. The predicted octanol–water partition coefficient (Wildman–Crippen LogP) is 4.32. The Labute approximate surface area is 184 Å². The molecule has 0 atom stereocenters. The second kappa shape index (κ2) is 11.3. The summed E-state index contributed by atoms with van der Waals surface area (Å²) in [4.78, 5) is 14.6. The van der Waals surface area contributed by atoms with Gasteiger partial charge in [-0.1, -0.05) is 42.8 Å². The van der Waals surface area contributed by atoms with Crippen molar-refractivity contribution in [2.75, 3.05) is 33.4 Å². The molecule has 1 heterocycles. The lowest BCUT2D eigenvalue weighted by atomic mass is 10.1. The Balaban J connectivity index is 1.47. The number of amides is 1. The first-order valence-corrected chi connectivity index (χ1v) is 11.0. The molecule has 0 radical (unpaired) electrons. The molecule has 0 aromatic heterocycles. The van der Waals surface area contributed by atoms with Gasteiger partial charge >= 0.3 is 0 Å². The van der Waals surface area contributed by atoms with Crippen LogP contribution in [0.15, 0.2) is 42.5 Å². The van der Waals surface area contributed by atoms with E-state index in [1.165, 1.54) is 11.1 Å². The summed E-state index contributed by atoms with van der Waals surface area (Å²) < 4.78 is 11.1. The maximum Gasteiger partial charge on any atom is 0.251 e. The fourth-order valence-electron chi connectivity index (χ4n) is 3.61. The van der Waals surface area contributed by atoms with Gasteiger partial charge in [-0.2, -0.15) is 0 Å². The van der Waals surface area contributed by atoms with Crippen molar-refractivity contribution in [2.24, 2.45) is 0 Å². The Kier molecular flexibility index (Phi) is 8.55. The van der Waals surface area contributed by atoms with Crippen molar-refractivity contribution in [3.63, 3.8) is 0 Å². The van der Waals surface area contributed by atoms with Gasteiger partial charge in [0.25, 0.3) is 5.91 Å². The lowest BCUT2D eigenvalue weighted by Gasteiger charge is -2.32. The van der Waals surface area contributed by atoms with E-state index in [1.807, 2.05) is 0 Å². The molecular formula is C24H31ClN2O3. The fraction of sp³-hybridized carbons (Fsp3) is 0.458. The molecule has 0 aliphatic carbocycles. The van der Waals surface area contributed by atoms with Crippen molar-refractivity contribution in [1.82, 2.24) is 10.2 Å². The topological polar surface area (TPSA) is 50.8 Å². The summed E-state index contributed by atoms with van der Waals surface area (Å²) >= 11 is 6.37. The van der Waals surface area contributed by atoms with Crippen LogP contribution >= 0.6 is 11.6 Å². The standard InChI is InChI=1S/C24H31ClN2O3/c1-3-18-4-6-19(7-5-18)17-27-13-10-21(11-14-27)30-23-9-8-20(16-22(23)25)24(28)26-12-15-29-2/h4-9,16,21H,3,10-15,17H2,1-2H3,(H,26,28). The van der Waals surface area contributed by atoms with Gasteiger partial charge in [0.2, 0.25) is 0 Å². The number of ether oxygens (including phenoxy) is 2. The van der Waals surface area contributed by atoms with Crippen LogP contribution in [-0.4, -0.2) is 50.3 Å². The molecule has 3 rings (SSSR count). The van der Waals surface area contributed by atoms with Crippen molar-refractivity contribution in [1.29, 1.82) is 0 Å². The highest BCUT2D eigenvalue weighted by molar-refractivity contribution is 6.32. The highest BCUT2D eigenvalue weighted by atomic mass is 35.5. The van der Waals surface area contributed by atoms with E-state index in [4.69, 9.17) is 21.1 Å². The molecule has 0 saturated carbocycles. The quantitative estimate of drug-likeness (QED) is 0.602. The number of hydrogen-bond acceptors (Lipinski definition) is 4. The minimum Gasteiger partial charge on any atom is -0.489 e. The molecular weight excluding hydrogens is 400 g/mol. The van der Waals surface area contributed by atoms with Crippen LogP contribution in [-0.2, 0) is 17.7 Å². The molecule has 1 aliphatic heterocycles. The van der Waals surface area contributed by atoms with Gasteiger partial charge in [-0.15, -0.1) is 0 Å². The average Bonchev–Trinajstić information content (AvgIpc) is 2.77. The molecule has 1 amide bonds. The minimum absolute atomic E-state index is 0.141. The van der Waals surface area contributed by atoms with Gasteiger partial charge in [0, 0.05) is 38.9 Å². The zero-order valence-corrected chi connectivity index (χ0v) is 18.6. The molecule has 1 aliphatic rings. The third kappa shape index (κ3) is 6.46. The molecule has 0 spiro atoms. The number of benzene rings is 2. The molecule has 1 saturated heterocycles. The second-order valence-corrected chi connectivity index (χ2v) is 8.06. The zero-order chi connectivity index (χ0) is 21.3. The molecule has 1 fully saturated rings. The lowest BCUT2D eigenvalue weighted by molar-refractivity contribution is 0.0935. The van der Waals surface area contributed by atoms with E-state index >= 15 is 0 Å². The normalized spacial score (nSPS) is 15.2. The highest BCUT2D eigenvalue weighted by Gasteiger charge is 2.21. The van der Waals surface area contributed by atoms with Crippen molar-refractivity contribution in [3.05, 3.63) is 64.2 Å². The summed E-state index contributed by atoms with van der Waals surface area (Å²) in [5, 5.41) is 3.26.